The Labute approximate surface area is 183 Å². The first kappa shape index (κ1) is 21.5. The molecule has 2 aliphatic rings. The van der Waals surface area contributed by atoms with Gasteiger partial charge in [-0.1, -0.05) is 29.8 Å². The summed E-state index contributed by atoms with van der Waals surface area (Å²) in [5.74, 6) is -0.934. The van der Waals surface area contributed by atoms with Crippen molar-refractivity contribution in [2.75, 3.05) is 31.9 Å². The van der Waals surface area contributed by atoms with E-state index in [-0.39, 0.29) is 32.8 Å². The molecule has 0 spiro atoms. The Balaban J connectivity index is 1.92. The highest BCUT2D eigenvalue weighted by Crippen LogP contribution is 2.41. The summed E-state index contributed by atoms with van der Waals surface area (Å²) in [7, 11) is 0. The highest BCUT2D eigenvalue weighted by molar-refractivity contribution is 7.84. The highest BCUT2D eigenvalue weighted by Gasteiger charge is 2.29. The molecule has 1 heterocycles. The average Bonchev–Trinajstić information content (AvgIpc) is 2.72. The van der Waals surface area contributed by atoms with Gasteiger partial charge < -0.3 is 15.5 Å². The predicted molar refractivity (Wildman–Crippen MR) is 120 cm³/mol. The van der Waals surface area contributed by atoms with E-state index in [9.17, 15) is 4.79 Å². The SMILES string of the molecule is C=CC(=O)N1CCN(/C(S)=C2\C=C(Cl)C(c3cc(N)ccc3Cl)=C(F)C2=N)CC1. The molecule has 5 nitrogen and oxygen atoms in total. The van der Waals surface area contributed by atoms with Gasteiger partial charge in [-0.25, -0.2) is 4.39 Å². The van der Waals surface area contributed by atoms with E-state index >= 15 is 4.39 Å². The van der Waals surface area contributed by atoms with Crippen LogP contribution in [-0.2, 0) is 4.79 Å². The van der Waals surface area contributed by atoms with Crippen molar-refractivity contribution in [3.05, 3.63) is 69.0 Å². The summed E-state index contributed by atoms with van der Waals surface area (Å²) in [6.07, 6.45) is 2.78. The van der Waals surface area contributed by atoms with E-state index in [0.717, 1.165) is 0 Å². The van der Waals surface area contributed by atoms with Crippen LogP contribution in [0.5, 0.6) is 0 Å². The molecule has 0 saturated carbocycles. The lowest BCUT2D eigenvalue weighted by atomic mass is 9.93. The third kappa shape index (κ3) is 4.22. The first-order valence-corrected chi connectivity index (χ1v) is 9.96. The maximum Gasteiger partial charge on any atom is 0.246 e. The van der Waals surface area contributed by atoms with Gasteiger partial charge in [-0.3, -0.25) is 10.2 Å². The van der Waals surface area contributed by atoms with Crippen LogP contribution >= 0.6 is 35.8 Å². The van der Waals surface area contributed by atoms with Crippen LogP contribution in [0.4, 0.5) is 10.1 Å². The van der Waals surface area contributed by atoms with Crippen molar-refractivity contribution in [2.45, 2.75) is 0 Å². The molecule has 0 bridgehead atoms. The van der Waals surface area contributed by atoms with Crippen molar-refractivity contribution in [1.82, 2.24) is 9.80 Å². The fourth-order valence-electron chi connectivity index (χ4n) is 3.21. The van der Waals surface area contributed by atoms with E-state index in [1.54, 1.807) is 17.0 Å². The maximum absolute atomic E-state index is 15.2. The zero-order chi connectivity index (χ0) is 21.3. The third-order valence-electron chi connectivity index (χ3n) is 4.78. The minimum Gasteiger partial charge on any atom is -0.399 e. The number of amides is 1. The van der Waals surface area contributed by atoms with Gasteiger partial charge in [0.2, 0.25) is 5.91 Å². The molecule has 1 fully saturated rings. The second-order valence-corrected chi connectivity index (χ2v) is 7.79. The second-order valence-electron chi connectivity index (χ2n) is 6.55. The number of anilines is 1. The summed E-state index contributed by atoms with van der Waals surface area (Å²) in [6.45, 7) is 5.45. The molecule has 0 atom stereocenters. The van der Waals surface area contributed by atoms with E-state index in [0.29, 0.717) is 42.5 Å². The number of nitrogens with zero attached hydrogens (tertiary/aromatic N) is 2. The number of hydrogen-bond donors (Lipinski definition) is 3. The van der Waals surface area contributed by atoms with Crippen LogP contribution in [0.2, 0.25) is 5.02 Å². The summed E-state index contributed by atoms with van der Waals surface area (Å²) < 4.78 is 15.2. The molecule has 1 aromatic rings. The number of thiol groups is 1. The van der Waals surface area contributed by atoms with Gasteiger partial charge in [0.15, 0.2) is 5.83 Å². The number of nitrogen functional groups attached to an aromatic ring is 1. The van der Waals surface area contributed by atoms with Gasteiger partial charge in [-0.05, 0) is 30.4 Å². The molecule has 29 heavy (non-hydrogen) atoms. The molecule has 1 aromatic carbocycles. The standard InChI is InChI=1S/C20H19Cl2FN4OS/c1-2-16(28)26-5-7-27(8-6-26)20(29)13-10-15(22)17(18(23)19(13)25)12-9-11(24)3-4-14(12)21/h2-4,9-10,25,29H,1,5-8,24H2/b20-13-,25-19?. The largest absolute Gasteiger partial charge is 0.399 e. The third-order valence-corrected chi connectivity index (χ3v) is 5.94. The molecule has 3 rings (SSSR count). The van der Waals surface area contributed by atoms with Crippen LogP contribution in [0.15, 0.2) is 58.4 Å². The van der Waals surface area contributed by atoms with E-state index in [1.165, 1.54) is 18.2 Å². The van der Waals surface area contributed by atoms with Gasteiger partial charge in [0.25, 0.3) is 0 Å². The van der Waals surface area contributed by atoms with Crippen molar-refractivity contribution in [2.24, 2.45) is 0 Å². The van der Waals surface area contributed by atoms with Crippen molar-refractivity contribution in [3.8, 4) is 0 Å². The summed E-state index contributed by atoms with van der Waals surface area (Å²) in [5.41, 5.74) is 6.48. The Morgan fingerprint density at radius 1 is 1.24 bits per heavy atom. The summed E-state index contributed by atoms with van der Waals surface area (Å²) in [6, 6.07) is 4.68. The van der Waals surface area contributed by atoms with Crippen molar-refractivity contribution >= 4 is 58.7 Å². The van der Waals surface area contributed by atoms with E-state index in [1.807, 2.05) is 4.90 Å². The lowest BCUT2D eigenvalue weighted by Gasteiger charge is -2.36. The second kappa shape index (κ2) is 8.65. The highest BCUT2D eigenvalue weighted by atomic mass is 35.5. The minimum atomic E-state index is -0.799. The molecule has 0 unspecified atom stereocenters. The Bertz CT molecular complexity index is 994. The van der Waals surface area contributed by atoms with E-state index < -0.39 is 5.83 Å². The number of hydrogen-bond acceptors (Lipinski definition) is 5. The van der Waals surface area contributed by atoms with Crippen LogP contribution in [0.25, 0.3) is 5.57 Å². The monoisotopic (exact) mass is 452 g/mol. The molecular weight excluding hydrogens is 434 g/mol. The first-order valence-electron chi connectivity index (χ1n) is 8.76. The molecule has 3 N–H and O–H groups in total. The lowest BCUT2D eigenvalue weighted by molar-refractivity contribution is -0.127. The molecule has 0 radical (unpaired) electrons. The van der Waals surface area contributed by atoms with Crippen molar-refractivity contribution < 1.29 is 9.18 Å². The summed E-state index contributed by atoms with van der Waals surface area (Å²) >= 11 is 17.1. The number of nitrogens with one attached hydrogen (secondary N) is 1. The predicted octanol–water partition coefficient (Wildman–Crippen LogP) is 4.23. The maximum atomic E-state index is 15.2. The Morgan fingerprint density at radius 3 is 2.48 bits per heavy atom. The Morgan fingerprint density at radius 2 is 1.86 bits per heavy atom. The topological polar surface area (TPSA) is 73.4 Å². The van der Waals surface area contributed by atoms with Crippen molar-refractivity contribution in [1.29, 1.82) is 5.41 Å². The molecule has 1 amide bonds. The fourth-order valence-corrected chi connectivity index (χ4v) is 4.10. The quantitative estimate of drug-likeness (QED) is 0.364. The number of allylic oxidation sites excluding steroid dienone is 5. The number of rotatable bonds is 3. The van der Waals surface area contributed by atoms with Gasteiger partial charge in [-0.2, -0.15) is 0 Å². The zero-order valence-electron chi connectivity index (χ0n) is 15.4. The molecule has 152 valence electrons. The average molecular weight is 453 g/mol. The summed E-state index contributed by atoms with van der Waals surface area (Å²) in [4.78, 5) is 15.3. The molecule has 1 saturated heterocycles. The van der Waals surface area contributed by atoms with Gasteiger partial charge in [0.1, 0.15) is 5.71 Å². The number of benzene rings is 1. The number of nitrogens with two attached hydrogens (primary N) is 1. The van der Waals surface area contributed by atoms with E-state index in [4.69, 9.17) is 34.3 Å². The number of piperazine rings is 1. The van der Waals surface area contributed by atoms with Crippen LogP contribution in [0, 0.1) is 5.41 Å². The molecule has 1 aliphatic heterocycles. The van der Waals surface area contributed by atoms with Gasteiger partial charge in [-0.15, -0.1) is 12.6 Å². The first-order chi connectivity index (χ1) is 13.7. The van der Waals surface area contributed by atoms with Gasteiger partial charge in [0.05, 0.1) is 10.1 Å². The van der Waals surface area contributed by atoms with Crippen LogP contribution < -0.4 is 5.73 Å². The molecular formula is C20H19Cl2FN4OS. The minimum absolute atomic E-state index is 0.0280. The molecule has 0 aromatic heterocycles. The molecule has 1 aliphatic carbocycles. The number of carbonyl (C=O) groups is 1. The lowest BCUT2D eigenvalue weighted by Crippen LogP contribution is -2.47. The Hall–Kier alpha value is -2.22. The summed E-state index contributed by atoms with van der Waals surface area (Å²) in [5, 5.41) is 9.12. The normalized spacial score (nSPS) is 19.3. The number of halogens is 3. The smallest absolute Gasteiger partial charge is 0.246 e. The molecule has 9 heteroatoms. The number of carbonyl (C=O) groups excluding carboxylic acids is 1. The van der Waals surface area contributed by atoms with Crippen LogP contribution in [0.1, 0.15) is 5.56 Å². The van der Waals surface area contributed by atoms with Crippen LogP contribution in [-0.4, -0.2) is 47.6 Å². The van der Waals surface area contributed by atoms with Crippen LogP contribution in [0.3, 0.4) is 0 Å². The Kier molecular flexibility index (Phi) is 6.41. The van der Waals surface area contributed by atoms with Gasteiger partial charge in [0, 0.05) is 53.6 Å². The van der Waals surface area contributed by atoms with Crippen molar-refractivity contribution in [3.63, 3.8) is 0 Å². The fraction of sp³-hybridized carbons (Fsp3) is 0.200. The van der Waals surface area contributed by atoms with E-state index in [2.05, 4.69) is 19.2 Å². The zero-order valence-corrected chi connectivity index (χ0v) is 17.8. The van der Waals surface area contributed by atoms with Gasteiger partial charge >= 0.3 is 0 Å².